The van der Waals surface area contributed by atoms with Crippen LogP contribution < -0.4 is 0 Å². The third-order valence-electron chi connectivity index (χ3n) is 3.73. The van der Waals surface area contributed by atoms with Crippen LogP contribution in [0.1, 0.15) is 43.0 Å². The molecular formula is C16H20N2O5. The Hall–Kier alpha value is -2.44. The largest absolute Gasteiger partial charge is 0.422 e. The van der Waals surface area contributed by atoms with E-state index in [9.17, 15) is 14.4 Å². The molecule has 7 heteroatoms. The first-order valence-electron chi connectivity index (χ1n) is 7.56. The number of nitrogens with zero attached hydrogens (tertiary/aromatic N) is 2. The number of amides is 1. The predicted octanol–water partition coefficient (Wildman–Crippen LogP) is 2.16. The quantitative estimate of drug-likeness (QED) is 0.624. The van der Waals surface area contributed by atoms with Gasteiger partial charge in [-0.2, -0.15) is 0 Å². The number of esters is 1. The van der Waals surface area contributed by atoms with E-state index in [4.69, 9.17) is 9.47 Å². The van der Waals surface area contributed by atoms with Crippen molar-refractivity contribution in [2.45, 2.75) is 44.9 Å². The minimum Gasteiger partial charge on any atom is -0.422 e. The molecule has 124 valence electrons. The lowest BCUT2D eigenvalue weighted by atomic mass is 9.93. The Balaban J connectivity index is 1.86. The first-order chi connectivity index (χ1) is 11.0. The monoisotopic (exact) mass is 320 g/mol. The molecule has 1 aliphatic rings. The van der Waals surface area contributed by atoms with Crippen molar-refractivity contribution in [2.75, 3.05) is 7.05 Å². The van der Waals surface area contributed by atoms with E-state index in [0.717, 1.165) is 12.8 Å². The minimum absolute atomic E-state index is 0.0390. The van der Waals surface area contributed by atoms with Crippen LogP contribution in [0.3, 0.4) is 0 Å². The fraction of sp³-hybridized carbons (Fsp3) is 0.500. The molecule has 23 heavy (non-hydrogen) atoms. The summed E-state index contributed by atoms with van der Waals surface area (Å²) >= 11 is 0. The molecule has 0 saturated heterocycles. The van der Waals surface area contributed by atoms with Gasteiger partial charge in [-0.25, -0.2) is 9.59 Å². The Bertz CT molecular complexity index is 575. The average molecular weight is 320 g/mol. The van der Waals surface area contributed by atoms with Gasteiger partial charge in [-0.1, -0.05) is 6.42 Å². The second-order valence-corrected chi connectivity index (χ2v) is 5.43. The Labute approximate surface area is 134 Å². The molecule has 0 N–H and O–H groups in total. The molecule has 1 aromatic heterocycles. The van der Waals surface area contributed by atoms with Crippen molar-refractivity contribution in [3.05, 3.63) is 30.1 Å². The zero-order chi connectivity index (χ0) is 16.8. The lowest BCUT2D eigenvalue weighted by Gasteiger charge is -2.30. The van der Waals surface area contributed by atoms with Gasteiger partial charge < -0.3 is 14.4 Å². The third kappa shape index (κ3) is 4.51. The summed E-state index contributed by atoms with van der Waals surface area (Å²) < 4.78 is 10.1. The van der Waals surface area contributed by atoms with Crippen LogP contribution in [0.5, 0.6) is 0 Å². The zero-order valence-electron chi connectivity index (χ0n) is 13.2. The van der Waals surface area contributed by atoms with Crippen LogP contribution in [0.15, 0.2) is 24.5 Å². The molecule has 2 rings (SSSR count). The van der Waals surface area contributed by atoms with E-state index in [2.05, 4.69) is 4.98 Å². The summed E-state index contributed by atoms with van der Waals surface area (Å²) in [7, 11) is 1.52. The molecule has 0 radical (unpaired) electrons. The van der Waals surface area contributed by atoms with Crippen molar-refractivity contribution in [1.82, 2.24) is 9.88 Å². The van der Waals surface area contributed by atoms with Gasteiger partial charge in [-0.3, -0.25) is 9.78 Å². The molecular weight excluding hydrogens is 300 g/mol. The lowest BCUT2D eigenvalue weighted by molar-refractivity contribution is -0.126. The number of aromatic nitrogens is 1. The third-order valence-corrected chi connectivity index (χ3v) is 3.73. The smallest absolute Gasteiger partial charge is 0.413 e. The summed E-state index contributed by atoms with van der Waals surface area (Å²) in [5.41, 5.74) is 0.318. The number of ether oxygens (including phenoxy) is 2. The molecule has 1 saturated carbocycles. The van der Waals surface area contributed by atoms with Gasteiger partial charge >= 0.3 is 12.1 Å². The number of hydrogen-bond donors (Lipinski definition) is 0. The van der Waals surface area contributed by atoms with Crippen molar-refractivity contribution in [1.29, 1.82) is 0 Å². The summed E-state index contributed by atoms with van der Waals surface area (Å²) in [4.78, 5) is 40.8. The molecule has 1 aromatic rings. The van der Waals surface area contributed by atoms with E-state index >= 15 is 0 Å². The molecule has 0 bridgehead atoms. The molecule has 0 spiro atoms. The molecule has 2 atom stereocenters. The predicted molar refractivity (Wildman–Crippen MR) is 80.6 cm³/mol. The maximum Gasteiger partial charge on any atom is 0.413 e. The van der Waals surface area contributed by atoms with E-state index < -0.39 is 24.4 Å². The average Bonchev–Trinajstić information content (AvgIpc) is 2.55. The van der Waals surface area contributed by atoms with E-state index in [1.54, 1.807) is 0 Å². The van der Waals surface area contributed by atoms with Crippen LogP contribution in [0.2, 0.25) is 0 Å². The van der Waals surface area contributed by atoms with Gasteiger partial charge in [-0.05, 0) is 25.0 Å². The van der Waals surface area contributed by atoms with Gasteiger partial charge in [-0.15, -0.1) is 0 Å². The van der Waals surface area contributed by atoms with Crippen molar-refractivity contribution in [2.24, 2.45) is 0 Å². The minimum atomic E-state index is -1.05. The Kier molecular flexibility index (Phi) is 5.67. The number of Topliss-reactive ketones (excluding diaryl/α,β-unsaturated/α-hetero) is 1. The number of hydrogen-bond acceptors (Lipinski definition) is 6. The second-order valence-electron chi connectivity index (χ2n) is 5.43. The molecule has 2 unspecified atom stereocenters. The van der Waals surface area contributed by atoms with Crippen LogP contribution in [-0.4, -0.2) is 47.1 Å². The van der Waals surface area contributed by atoms with E-state index in [1.807, 2.05) is 0 Å². The molecule has 0 aromatic carbocycles. The maximum atomic E-state index is 12.1. The first kappa shape index (κ1) is 16.9. The molecule has 1 heterocycles. The van der Waals surface area contributed by atoms with E-state index in [-0.39, 0.29) is 5.78 Å². The Morgan fingerprint density at radius 3 is 2.61 bits per heavy atom. The number of carbonyl (C=O) groups excluding carboxylic acids is 3. The molecule has 7 nitrogen and oxygen atoms in total. The SMILES string of the molecule is CC(OC(=O)c1ccncc1)OC(=O)N(C)C1CCCCC1=O. The van der Waals surface area contributed by atoms with Gasteiger partial charge in [0.1, 0.15) is 0 Å². The first-order valence-corrected chi connectivity index (χ1v) is 7.56. The van der Waals surface area contributed by atoms with Crippen LogP contribution in [0.4, 0.5) is 4.79 Å². The number of ketones is 1. The topological polar surface area (TPSA) is 85.8 Å². The fourth-order valence-corrected chi connectivity index (χ4v) is 2.46. The maximum absolute atomic E-state index is 12.1. The van der Waals surface area contributed by atoms with Gasteiger partial charge in [0.05, 0.1) is 11.6 Å². The van der Waals surface area contributed by atoms with Crippen molar-refractivity contribution in [3.63, 3.8) is 0 Å². The molecule has 1 aliphatic carbocycles. The Morgan fingerprint density at radius 1 is 1.26 bits per heavy atom. The van der Waals surface area contributed by atoms with E-state index in [0.29, 0.717) is 18.4 Å². The highest BCUT2D eigenvalue weighted by Crippen LogP contribution is 2.19. The number of carbonyl (C=O) groups is 3. The fourth-order valence-electron chi connectivity index (χ4n) is 2.46. The van der Waals surface area contributed by atoms with Crippen molar-refractivity contribution in [3.8, 4) is 0 Å². The van der Waals surface area contributed by atoms with Crippen LogP contribution in [0.25, 0.3) is 0 Å². The summed E-state index contributed by atoms with van der Waals surface area (Å²) in [6.07, 6.45) is 4.08. The second kappa shape index (κ2) is 7.71. The normalized spacial score (nSPS) is 18.9. The van der Waals surface area contributed by atoms with Crippen LogP contribution >= 0.6 is 0 Å². The highest BCUT2D eigenvalue weighted by molar-refractivity contribution is 5.89. The van der Waals surface area contributed by atoms with Gasteiger partial charge in [0.25, 0.3) is 0 Å². The van der Waals surface area contributed by atoms with Crippen LogP contribution in [-0.2, 0) is 14.3 Å². The summed E-state index contributed by atoms with van der Waals surface area (Å²) in [6.45, 7) is 1.45. The summed E-state index contributed by atoms with van der Waals surface area (Å²) in [5, 5.41) is 0. The van der Waals surface area contributed by atoms with Gasteiger partial charge in [0, 0.05) is 32.8 Å². The molecule has 1 amide bonds. The highest BCUT2D eigenvalue weighted by atomic mass is 16.7. The lowest BCUT2D eigenvalue weighted by Crippen LogP contribution is -2.45. The molecule has 0 aliphatic heterocycles. The summed E-state index contributed by atoms with van der Waals surface area (Å²) in [6, 6.07) is 2.55. The van der Waals surface area contributed by atoms with Gasteiger partial charge in [0.2, 0.25) is 6.29 Å². The van der Waals surface area contributed by atoms with Crippen molar-refractivity contribution >= 4 is 17.8 Å². The number of rotatable bonds is 4. The van der Waals surface area contributed by atoms with Gasteiger partial charge in [0.15, 0.2) is 5.78 Å². The van der Waals surface area contributed by atoms with Crippen LogP contribution in [0, 0.1) is 0 Å². The van der Waals surface area contributed by atoms with Crippen molar-refractivity contribution < 1.29 is 23.9 Å². The standard InChI is InChI=1S/C16H20N2O5/c1-11(22-15(20)12-7-9-17-10-8-12)23-16(21)18(2)13-5-3-4-6-14(13)19/h7-11,13H,3-6H2,1-2H3. The molecule has 1 fully saturated rings. The highest BCUT2D eigenvalue weighted by Gasteiger charge is 2.30. The Morgan fingerprint density at radius 2 is 1.96 bits per heavy atom. The zero-order valence-corrected chi connectivity index (χ0v) is 13.2. The van der Waals surface area contributed by atoms with E-state index in [1.165, 1.54) is 43.4 Å². The number of pyridine rings is 1. The number of likely N-dealkylation sites (N-methyl/N-ethyl adjacent to an activating group) is 1. The summed E-state index contributed by atoms with van der Waals surface area (Å²) in [5.74, 6) is -0.568.